The van der Waals surface area contributed by atoms with Gasteiger partial charge in [-0.1, -0.05) is 18.2 Å². The van der Waals surface area contributed by atoms with Crippen LogP contribution in [-0.2, 0) is 16.1 Å². The molecule has 2 rings (SSSR count). The van der Waals surface area contributed by atoms with Crippen LogP contribution in [0.5, 0.6) is 5.75 Å². The molecule has 0 aromatic heterocycles. The normalized spacial score (nSPS) is 14.4. The van der Waals surface area contributed by atoms with Crippen LogP contribution in [0.15, 0.2) is 24.3 Å². The molecule has 1 aliphatic carbocycles. The molecule has 0 aliphatic heterocycles. The minimum atomic E-state index is -0.366. The number of nitrogens with one attached hydrogen (secondary N) is 1. The van der Waals surface area contributed by atoms with Gasteiger partial charge in [-0.2, -0.15) is 0 Å². The van der Waals surface area contributed by atoms with E-state index >= 15 is 0 Å². The number of para-hydroxylation sites is 1. The number of esters is 1. The molecule has 1 aliphatic rings. The third-order valence-corrected chi connectivity index (χ3v) is 2.70. The fourth-order valence-corrected chi connectivity index (χ4v) is 1.53. The molecule has 1 fully saturated rings. The van der Waals surface area contributed by atoms with Crippen molar-refractivity contribution in [1.29, 1.82) is 0 Å². The van der Waals surface area contributed by atoms with E-state index in [-0.39, 0.29) is 12.6 Å². The molecular formula is C13H17NO3. The van der Waals surface area contributed by atoms with Crippen LogP contribution < -0.4 is 10.1 Å². The fourth-order valence-electron chi connectivity index (χ4n) is 1.53. The Hall–Kier alpha value is -1.55. The SMILES string of the molecule is COC(=O)COc1ccccc1CNC1CC1. The molecule has 0 atom stereocenters. The molecule has 4 heteroatoms. The molecule has 0 amide bonds. The van der Waals surface area contributed by atoms with E-state index in [1.165, 1.54) is 20.0 Å². The summed E-state index contributed by atoms with van der Waals surface area (Å²) < 4.78 is 9.97. The van der Waals surface area contributed by atoms with Gasteiger partial charge in [0, 0.05) is 18.2 Å². The second kappa shape index (κ2) is 5.68. The van der Waals surface area contributed by atoms with Crippen molar-refractivity contribution in [3.63, 3.8) is 0 Å². The molecule has 92 valence electrons. The van der Waals surface area contributed by atoms with E-state index in [9.17, 15) is 4.79 Å². The number of methoxy groups -OCH3 is 1. The maximum atomic E-state index is 11.0. The van der Waals surface area contributed by atoms with Crippen molar-refractivity contribution in [3.05, 3.63) is 29.8 Å². The molecular weight excluding hydrogens is 218 g/mol. The van der Waals surface area contributed by atoms with Gasteiger partial charge in [0.1, 0.15) is 5.75 Å². The molecule has 1 aromatic rings. The van der Waals surface area contributed by atoms with E-state index in [4.69, 9.17) is 4.74 Å². The van der Waals surface area contributed by atoms with Gasteiger partial charge in [-0.25, -0.2) is 4.79 Å². The van der Waals surface area contributed by atoms with E-state index < -0.39 is 0 Å². The van der Waals surface area contributed by atoms with Crippen molar-refractivity contribution in [3.8, 4) is 5.75 Å². The highest BCUT2D eigenvalue weighted by Gasteiger charge is 2.20. The number of rotatable bonds is 6. The molecule has 0 heterocycles. The van der Waals surface area contributed by atoms with E-state index in [1.54, 1.807) is 0 Å². The third-order valence-electron chi connectivity index (χ3n) is 2.70. The summed E-state index contributed by atoms with van der Waals surface area (Å²) in [6, 6.07) is 8.39. The molecule has 0 unspecified atom stereocenters. The van der Waals surface area contributed by atoms with Crippen molar-refractivity contribution in [1.82, 2.24) is 5.32 Å². The van der Waals surface area contributed by atoms with Crippen molar-refractivity contribution < 1.29 is 14.3 Å². The predicted octanol–water partition coefficient (Wildman–Crippen LogP) is 1.49. The monoisotopic (exact) mass is 235 g/mol. The zero-order valence-electron chi connectivity index (χ0n) is 9.94. The minimum absolute atomic E-state index is 0.0447. The average Bonchev–Trinajstić information content (AvgIpc) is 3.18. The Bertz CT molecular complexity index is 388. The lowest BCUT2D eigenvalue weighted by molar-refractivity contribution is -0.142. The van der Waals surface area contributed by atoms with E-state index in [0.717, 1.165) is 17.9 Å². The van der Waals surface area contributed by atoms with Crippen LogP contribution in [0.2, 0.25) is 0 Å². The Morgan fingerprint density at radius 1 is 1.41 bits per heavy atom. The summed E-state index contributed by atoms with van der Waals surface area (Å²) in [5.41, 5.74) is 1.07. The van der Waals surface area contributed by atoms with Gasteiger partial charge in [0.2, 0.25) is 0 Å². The van der Waals surface area contributed by atoms with Gasteiger partial charge in [0.05, 0.1) is 7.11 Å². The average molecular weight is 235 g/mol. The predicted molar refractivity (Wildman–Crippen MR) is 63.8 cm³/mol. The highest BCUT2D eigenvalue weighted by Crippen LogP contribution is 2.22. The van der Waals surface area contributed by atoms with Gasteiger partial charge >= 0.3 is 5.97 Å². The van der Waals surface area contributed by atoms with Crippen LogP contribution in [0.4, 0.5) is 0 Å². The van der Waals surface area contributed by atoms with Crippen molar-refractivity contribution in [2.75, 3.05) is 13.7 Å². The smallest absolute Gasteiger partial charge is 0.343 e. The Morgan fingerprint density at radius 3 is 2.88 bits per heavy atom. The van der Waals surface area contributed by atoms with Crippen molar-refractivity contribution >= 4 is 5.97 Å². The topological polar surface area (TPSA) is 47.6 Å². The van der Waals surface area contributed by atoms with Gasteiger partial charge in [-0.15, -0.1) is 0 Å². The summed E-state index contributed by atoms with van der Waals surface area (Å²) in [5, 5.41) is 3.42. The summed E-state index contributed by atoms with van der Waals surface area (Å²) in [6.07, 6.45) is 2.51. The Balaban J connectivity index is 1.91. The lowest BCUT2D eigenvalue weighted by atomic mass is 10.2. The zero-order valence-corrected chi connectivity index (χ0v) is 9.94. The lowest BCUT2D eigenvalue weighted by Gasteiger charge is -2.11. The summed E-state index contributed by atoms with van der Waals surface area (Å²) in [4.78, 5) is 11.0. The number of hydrogen-bond acceptors (Lipinski definition) is 4. The fraction of sp³-hybridized carbons (Fsp3) is 0.462. The van der Waals surface area contributed by atoms with Crippen LogP contribution in [-0.4, -0.2) is 25.7 Å². The van der Waals surface area contributed by atoms with Crippen molar-refractivity contribution in [2.24, 2.45) is 0 Å². The molecule has 0 spiro atoms. The summed E-state index contributed by atoms with van der Waals surface area (Å²) in [6.45, 7) is 0.735. The molecule has 17 heavy (non-hydrogen) atoms. The molecule has 0 bridgehead atoms. The number of hydrogen-bond donors (Lipinski definition) is 1. The van der Waals surface area contributed by atoms with Gasteiger partial charge in [0.25, 0.3) is 0 Å². The molecule has 1 N–H and O–H groups in total. The van der Waals surface area contributed by atoms with Crippen LogP contribution in [0.25, 0.3) is 0 Å². The standard InChI is InChI=1S/C13H17NO3/c1-16-13(15)9-17-12-5-3-2-4-10(12)8-14-11-6-7-11/h2-5,11,14H,6-9H2,1H3. The minimum Gasteiger partial charge on any atom is -0.482 e. The van der Waals surface area contributed by atoms with Crippen molar-refractivity contribution in [2.45, 2.75) is 25.4 Å². The largest absolute Gasteiger partial charge is 0.482 e. The van der Waals surface area contributed by atoms with Gasteiger partial charge < -0.3 is 14.8 Å². The zero-order chi connectivity index (χ0) is 12.1. The third kappa shape index (κ3) is 3.75. The van der Waals surface area contributed by atoms with Crippen LogP contribution in [0, 0.1) is 0 Å². The van der Waals surface area contributed by atoms with Crippen LogP contribution in [0.1, 0.15) is 18.4 Å². The van der Waals surface area contributed by atoms with Gasteiger partial charge in [0.15, 0.2) is 6.61 Å². The second-order valence-corrected chi connectivity index (χ2v) is 4.13. The molecule has 4 nitrogen and oxygen atoms in total. The number of benzene rings is 1. The molecule has 1 saturated carbocycles. The summed E-state index contributed by atoms with van der Waals surface area (Å²) in [7, 11) is 1.35. The number of carbonyl (C=O) groups excluding carboxylic acids is 1. The van der Waals surface area contributed by atoms with E-state index in [0.29, 0.717) is 6.04 Å². The maximum absolute atomic E-state index is 11.0. The Labute approximate surface area is 101 Å². The van der Waals surface area contributed by atoms with E-state index in [2.05, 4.69) is 10.1 Å². The molecule has 0 saturated heterocycles. The lowest BCUT2D eigenvalue weighted by Crippen LogP contribution is -2.17. The first kappa shape index (κ1) is 11.9. The highest BCUT2D eigenvalue weighted by molar-refractivity contribution is 5.70. The van der Waals surface area contributed by atoms with Crippen LogP contribution >= 0.6 is 0 Å². The maximum Gasteiger partial charge on any atom is 0.343 e. The van der Waals surface area contributed by atoms with Gasteiger partial charge in [-0.3, -0.25) is 0 Å². The number of carbonyl (C=O) groups is 1. The quantitative estimate of drug-likeness (QED) is 0.759. The van der Waals surface area contributed by atoms with Crippen LogP contribution in [0.3, 0.4) is 0 Å². The summed E-state index contributed by atoms with van der Waals surface area (Å²) in [5.74, 6) is 0.376. The molecule has 1 aromatic carbocycles. The van der Waals surface area contributed by atoms with E-state index in [1.807, 2.05) is 24.3 Å². The molecule has 0 radical (unpaired) electrons. The number of ether oxygens (including phenoxy) is 2. The highest BCUT2D eigenvalue weighted by atomic mass is 16.6. The first-order chi connectivity index (χ1) is 8.29. The van der Waals surface area contributed by atoms with Gasteiger partial charge in [-0.05, 0) is 18.9 Å². The summed E-state index contributed by atoms with van der Waals surface area (Å²) >= 11 is 0. The first-order valence-corrected chi connectivity index (χ1v) is 5.80. The Kier molecular flexibility index (Phi) is 3.98. The second-order valence-electron chi connectivity index (χ2n) is 4.13. The Morgan fingerprint density at radius 2 is 2.18 bits per heavy atom. The first-order valence-electron chi connectivity index (χ1n) is 5.80.